The SMILES string of the molecule is CC(N)(CCc1ccc(C(=O)CCCCc2cccc(F)c2)s1)CCP(=O)(O)O. The van der Waals surface area contributed by atoms with Crippen LogP contribution in [-0.4, -0.2) is 27.3 Å². The lowest BCUT2D eigenvalue weighted by Crippen LogP contribution is -2.37. The van der Waals surface area contributed by atoms with Crippen LogP contribution in [0.4, 0.5) is 4.39 Å². The van der Waals surface area contributed by atoms with Gasteiger partial charge in [-0.05, 0) is 75.3 Å². The quantitative estimate of drug-likeness (QED) is 0.252. The van der Waals surface area contributed by atoms with E-state index in [0.717, 1.165) is 34.6 Å². The summed E-state index contributed by atoms with van der Waals surface area (Å²) in [7, 11) is -4.04. The van der Waals surface area contributed by atoms with Crippen LogP contribution in [-0.2, 0) is 17.4 Å². The fourth-order valence-electron chi connectivity index (χ4n) is 3.03. The monoisotopic (exact) mass is 441 g/mol. The van der Waals surface area contributed by atoms with Gasteiger partial charge in [0.2, 0.25) is 0 Å². The van der Waals surface area contributed by atoms with Gasteiger partial charge in [0.05, 0.1) is 11.0 Å². The fourth-order valence-corrected chi connectivity index (χ4v) is 4.80. The molecule has 0 saturated heterocycles. The second kappa shape index (κ2) is 10.6. The minimum absolute atomic E-state index is 0.109. The second-order valence-electron chi connectivity index (χ2n) is 7.82. The molecule has 5 nitrogen and oxygen atoms in total. The number of ketones is 1. The molecule has 0 aliphatic rings. The molecule has 0 aliphatic carbocycles. The van der Waals surface area contributed by atoms with Crippen LogP contribution in [0.15, 0.2) is 36.4 Å². The largest absolute Gasteiger partial charge is 0.325 e. The van der Waals surface area contributed by atoms with Crippen molar-refractivity contribution >= 4 is 24.7 Å². The number of rotatable bonds is 12. The molecule has 0 radical (unpaired) electrons. The highest BCUT2D eigenvalue weighted by atomic mass is 32.1. The Morgan fingerprint density at radius 1 is 1.17 bits per heavy atom. The highest BCUT2D eigenvalue weighted by Gasteiger charge is 2.24. The molecular formula is C21H29FNO4PS. The molecule has 4 N–H and O–H groups in total. The van der Waals surface area contributed by atoms with Gasteiger partial charge in [-0.15, -0.1) is 11.3 Å². The first-order valence-corrected chi connectivity index (χ1v) is 12.4. The Morgan fingerprint density at radius 2 is 1.93 bits per heavy atom. The lowest BCUT2D eigenvalue weighted by Gasteiger charge is -2.24. The molecule has 0 aliphatic heterocycles. The van der Waals surface area contributed by atoms with Crippen molar-refractivity contribution in [3.05, 3.63) is 57.5 Å². The third kappa shape index (κ3) is 9.32. The summed E-state index contributed by atoms with van der Waals surface area (Å²) in [6.45, 7) is 1.79. The van der Waals surface area contributed by atoms with Crippen LogP contribution in [0.2, 0.25) is 0 Å². The van der Waals surface area contributed by atoms with Crippen LogP contribution < -0.4 is 5.73 Å². The molecule has 8 heteroatoms. The molecule has 0 saturated carbocycles. The third-order valence-corrected chi connectivity index (χ3v) is 6.85. The molecule has 1 aromatic heterocycles. The number of nitrogens with two attached hydrogens (primary N) is 1. The molecule has 29 heavy (non-hydrogen) atoms. The topological polar surface area (TPSA) is 101 Å². The van der Waals surface area contributed by atoms with Crippen molar-refractivity contribution in [3.8, 4) is 0 Å². The molecule has 1 atom stereocenters. The standard InChI is InChI=1S/C21H29FNO4PS/c1-21(23,13-14-28(25,26)27)12-11-18-9-10-20(29-18)19(24)8-3-2-5-16-6-4-7-17(22)15-16/h4,6-7,9-10,15H,2-3,5,8,11-14,23H2,1H3,(H2,25,26,27). The van der Waals surface area contributed by atoms with Gasteiger partial charge in [-0.3, -0.25) is 9.36 Å². The van der Waals surface area contributed by atoms with Crippen LogP contribution in [0.3, 0.4) is 0 Å². The van der Waals surface area contributed by atoms with E-state index < -0.39 is 13.1 Å². The van der Waals surface area contributed by atoms with E-state index in [1.807, 2.05) is 18.2 Å². The Balaban J connectivity index is 1.74. The van der Waals surface area contributed by atoms with E-state index in [1.165, 1.54) is 23.5 Å². The summed E-state index contributed by atoms with van der Waals surface area (Å²) in [5.41, 5.74) is 6.43. The van der Waals surface area contributed by atoms with Crippen molar-refractivity contribution in [2.75, 3.05) is 6.16 Å². The van der Waals surface area contributed by atoms with Crippen molar-refractivity contribution in [1.82, 2.24) is 0 Å². The zero-order chi connectivity index (χ0) is 21.5. The Kier molecular flexibility index (Phi) is 8.73. The predicted octanol–water partition coefficient (Wildman–Crippen LogP) is 4.70. The Bertz CT molecular complexity index is 862. The number of carbonyl (C=O) groups excluding carboxylic acids is 1. The molecule has 0 spiro atoms. The van der Waals surface area contributed by atoms with Gasteiger partial charge in [0, 0.05) is 16.8 Å². The number of unbranched alkanes of at least 4 members (excludes halogenated alkanes) is 1. The second-order valence-corrected chi connectivity index (χ2v) is 10.8. The summed E-state index contributed by atoms with van der Waals surface area (Å²) in [4.78, 5) is 32.1. The van der Waals surface area contributed by atoms with Gasteiger partial charge in [0.25, 0.3) is 0 Å². The van der Waals surface area contributed by atoms with Gasteiger partial charge in [-0.25, -0.2) is 4.39 Å². The van der Waals surface area contributed by atoms with Gasteiger partial charge in [0.1, 0.15) is 5.82 Å². The highest BCUT2D eigenvalue weighted by Crippen LogP contribution is 2.37. The van der Waals surface area contributed by atoms with Gasteiger partial charge < -0.3 is 15.5 Å². The number of halogens is 1. The normalized spacial score (nSPS) is 14.0. The average molecular weight is 442 g/mol. The number of Topliss-reactive ketones (excluding diaryl/α,β-unsaturated/α-hetero) is 1. The minimum atomic E-state index is -4.04. The van der Waals surface area contributed by atoms with Gasteiger partial charge in [-0.1, -0.05) is 12.1 Å². The smallest absolute Gasteiger partial charge is 0.325 e. The molecule has 0 bridgehead atoms. The molecule has 2 aromatic rings. The summed E-state index contributed by atoms with van der Waals surface area (Å²) in [6, 6.07) is 10.3. The fraction of sp³-hybridized carbons (Fsp3) is 0.476. The summed E-state index contributed by atoms with van der Waals surface area (Å²) in [5.74, 6) is -0.127. The maximum atomic E-state index is 13.2. The van der Waals surface area contributed by atoms with Crippen molar-refractivity contribution in [2.45, 2.75) is 57.4 Å². The van der Waals surface area contributed by atoms with Gasteiger partial charge in [-0.2, -0.15) is 0 Å². The molecule has 0 amide bonds. The molecule has 1 aromatic carbocycles. The lowest BCUT2D eigenvalue weighted by molar-refractivity contribution is 0.0983. The van der Waals surface area contributed by atoms with E-state index in [0.29, 0.717) is 19.3 Å². The van der Waals surface area contributed by atoms with Crippen molar-refractivity contribution < 1.29 is 23.5 Å². The molecule has 160 valence electrons. The molecule has 1 unspecified atom stereocenters. The number of hydrogen-bond donors (Lipinski definition) is 3. The summed E-state index contributed by atoms with van der Waals surface area (Å²) < 4.78 is 24.2. The zero-order valence-corrected chi connectivity index (χ0v) is 18.4. The van der Waals surface area contributed by atoms with Crippen LogP contribution in [0.1, 0.15) is 59.1 Å². The van der Waals surface area contributed by atoms with Gasteiger partial charge in [0.15, 0.2) is 5.78 Å². The molecule has 1 heterocycles. The zero-order valence-electron chi connectivity index (χ0n) is 16.6. The van der Waals surface area contributed by atoms with Crippen molar-refractivity contribution in [1.29, 1.82) is 0 Å². The van der Waals surface area contributed by atoms with E-state index in [9.17, 15) is 13.8 Å². The first-order chi connectivity index (χ1) is 13.5. The van der Waals surface area contributed by atoms with E-state index in [2.05, 4.69) is 0 Å². The number of thiophene rings is 1. The predicted molar refractivity (Wildman–Crippen MR) is 115 cm³/mol. The lowest BCUT2D eigenvalue weighted by atomic mass is 9.94. The number of benzene rings is 1. The van der Waals surface area contributed by atoms with Crippen LogP contribution >= 0.6 is 18.9 Å². The summed E-state index contributed by atoms with van der Waals surface area (Å²) in [6.07, 6.45) is 4.10. The van der Waals surface area contributed by atoms with E-state index in [1.54, 1.807) is 13.0 Å². The minimum Gasteiger partial charge on any atom is -0.325 e. The average Bonchev–Trinajstić information content (AvgIpc) is 3.11. The van der Waals surface area contributed by atoms with Crippen molar-refractivity contribution in [2.24, 2.45) is 5.73 Å². The summed E-state index contributed by atoms with van der Waals surface area (Å²) in [5, 5.41) is 0. The molecular weight excluding hydrogens is 412 g/mol. The first kappa shape index (κ1) is 23.9. The number of aryl methyl sites for hydroxylation is 2. The van der Waals surface area contributed by atoms with Crippen LogP contribution in [0.25, 0.3) is 0 Å². The highest BCUT2D eigenvalue weighted by molar-refractivity contribution is 7.51. The molecule has 0 fully saturated rings. The first-order valence-electron chi connectivity index (χ1n) is 9.74. The van der Waals surface area contributed by atoms with Crippen molar-refractivity contribution in [3.63, 3.8) is 0 Å². The van der Waals surface area contributed by atoms with E-state index >= 15 is 0 Å². The Hall–Kier alpha value is -1.37. The Morgan fingerprint density at radius 3 is 2.62 bits per heavy atom. The maximum absolute atomic E-state index is 13.2. The van der Waals surface area contributed by atoms with Crippen LogP contribution in [0, 0.1) is 5.82 Å². The summed E-state index contributed by atoms with van der Waals surface area (Å²) >= 11 is 1.45. The molecule has 2 rings (SSSR count). The van der Waals surface area contributed by atoms with E-state index in [4.69, 9.17) is 15.5 Å². The number of hydrogen-bond acceptors (Lipinski definition) is 4. The third-order valence-electron chi connectivity index (χ3n) is 4.86. The maximum Gasteiger partial charge on any atom is 0.325 e. The van der Waals surface area contributed by atoms with E-state index in [-0.39, 0.29) is 24.2 Å². The van der Waals surface area contributed by atoms with Crippen LogP contribution in [0.5, 0.6) is 0 Å². The Labute approximate surface area is 175 Å². The number of carbonyl (C=O) groups is 1. The van der Waals surface area contributed by atoms with Gasteiger partial charge >= 0.3 is 7.60 Å².